The summed E-state index contributed by atoms with van der Waals surface area (Å²) in [5.41, 5.74) is -2.27. The number of hydrogen-bond acceptors (Lipinski definition) is 6. The van der Waals surface area contributed by atoms with Gasteiger partial charge in [0.1, 0.15) is 11.3 Å². The predicted octanol–water partition coefficient (Wildman–Crippen LogP) is 2.77. The first kappa shape index (κ1) is 26.2. The van der Waals surface area contributed by atoms with Crippen molar-refractivity contribution in [1.82, 2.24) is 25.9 Å². The fraction of sp³-hybridized carbons (Fsp3) is 0.684. The van der Waals surface area contributed by atoms with E-state index in [1.54, 1.807) is 20.8 Å². The van der Waals surface area contributed by atoms with Crippen molar-refractivity contribution >= 4 is 18.0 Å². The number of aliphatic imine (C=N–C) groups is 1. The van der Waals surface area contributed by atoms with Gasteiger partial charge in [0.25, 0.3) is 0 Å². The van der Waals surface area contributed by atoms with Crippen LogP contribution in [-0.4, -0.2) is 59.3 Å². The molecule has 31 heavy (non-hydrogen) atoms. The number of halogens is 3. The Hall–Kier alpha value is -2.79. The largest absolute Gasteiger partial charge is 0.444 e. The SMILES string of the molecule is CCNC(=NCC(C)(C)NC(=O)OC(C)(C)C)NCCNc1nccc(C(F)(F)F)n1. The fourth-order valence-electron chi connectivity index (χ4n) is 2.19. The Morgan fingerprint density at radius 2 is 1.81 bits per heavy atom. The maximum atomic E-state index is 12.7. The quantitative estimate of drug-likeness (QED) is 0.275. The Balaban J connectivity index is 2.56. The van der Waals surface area contributed by atoms with Crippen LogP contribution in [0.4, 0.5) is 23.9 Å². The van der Waals surface area contributed by atoms with Crippen molar-refractivity contribution in [3.05, 3.63) is 18.0 Å². The van der Waals surface area contributed by atoms with E-state index in [0.717, 1.165) is 12.3 Å². The molecule has 0 aromatic carbocycles. The summed E-state index contributed by atoms with van der Waals surface area (Å²) in [5, 5.41) is 11.6. The van der Waals surface area contributed by atoms with E-state index in [4.69, 9.17) is 4.74 Å². The summed E-state index contributed by atoms with van der Waals surface area (Å²) >= 11 is 0. The molecule has 0 aliphatic rings. The number of rotatable bonds is 8. The number of nitrogens with zero attached hydrogens (tertiary/aromatic N) is 3. The van der Waals surface area contributed by atoms with Gasteiger partial charge in [-0.05, 0) is 47.6 Å². The summed E-state index contributed by atoms with van der Waals surface area (Å²) < 4.78 is 43.4. The number of guanidine groups is 1. The minimum atomic E-state index is -4.53. The van der Waals surface area contributed by atoms with Crippen molar-refractivity contribution in [1.29, 1.82) is 0 Å². The Labute approximate surface area is 180 Å². The van der Waals surface area contributed by atoms with Crippen molar-refractivity contribution in [3.8, 4) is 0 Å². The van der Waals surface area contributed by atoms with Gasteiger partial charge < -0.3 is 26.0 Å². The molecule has 0 fully saturated rings. The van der Waals surface area contributed by atoms with E-state index in [2.05, 4.69) is 36.2 Å². The summed E-state index contributed by atoms with van der Waals surface area (Å²) in [6.07, 6.45) is -4.00. The average molecular weight is 448 g/mol. The number of aromatic nitrogens is 2. The number of alkyl halides is 3. The van der Waals surface area contributed by atoms with Crippen molar-refractivity contribution in [2.45, 2.75) is 58.9 Å². The van der Waals surface area contributed by atoms with Gasteiger partial charge in [-0.3, -0.25) is 4.99 Å². The second-order valence-corrected chi connectivity index (χ2v) is 8.32. The van der Waals surface area contributed by atoms with Crippen molar-refractivity contribution in [2.24, 2.45) is 4.99 Å². The molecule has 0 spiro atoms. The van der Waals surface area contributed by atoms with Crippen LogP contribution in [0.1, 0.15) is 47.2 Å². The third-order valence-corrected chi connectivity index (χ3v) is 3.46. The van der Waals surface area contributed by atoms with Crippen molar-refractivity contribution in [2.75, 3.05) is 31.5 Å². The summed E-state index contributed by atoms with van der Waals surface area (Å²) in [6.45, 7) is 12.4. The van der Waals surface area contributed by atoms with Crippen LogP contribution in [0.25, 0.3) is 0 Å². The highest BCUT2D eigenvalue weighted by molar-refractivity contribution is 5.79. The van der Waals surface area contributed by atoms with Crippen LogP contribution in [0.15, 0.2) is 17.3 Å². The molecule has 12 heteroatoms. The molecule has 176 valence electrons. The standard InChI is InChI=1S/C19H32F3N7O2/c1-7-23-14(27-12-18(5,6)29-16(30)31-17(2,3)4)25-10-11-26-15-24-9-8-13(28-15)19(20,21)22/h8-9H,7,10-12H2,1-6H3,(H,29,30)(H2,23,25,27)(H,24,26,28). The highest BCUT2D eigenvalue weighted by atomic mass is 19.4. The first-order valence-corrected chi connectivity index (χ1v) is 9.89. The summed E-state index contributed by atoms with van der Waals surface area (Å²) in [7, 11) is 0. The topological polar surface area (TPSA) is 113 Å². The molecule has 0 unspecified atom stereocenters. The highest BCUT2D eigenvalue weighted by Crippen LogP contribution is 2.27. The summed E-state index contributed by atoms with van der Waals surface area (Å²) in [6, 6.07) is 0.812. The maximum Gasteiger partial charge on any atom is 0.433 e. The Bertz CT molecular complexity index is 747. The molecule has 0 saturated heterocycles. The normalized spacial score (nSPS) is 12.9. The van der Waals surface area contributed by atoms with Crippen LogP contribution >= 0.6 is 0 Å². The van der Waals surface area contributed by atoms with Crippen LogP contribution < -0.4 is 21.3 Å². The van der Waals surface area contributed by atoms with Gasteiger partial charge in [-0.15, -0.1) is 0 Å². The van der Waals surface area contributed by atoms with E-state index in [-0.39, 0.29) is 19.0 Å². The summed E-state index contributed by atoms with van der Waals surface area (Å²) in [5.74, 6) is 0.384. The lowest BCUT2D eigenvalue weighted by Crippen LogP contribution is -2.49. The van der Waals surface area contributed by atoms with Crippen LogP contribution in [0.2, 0.25) is 0 Å². The number of carbonyl (C=O) groups is 1. The second-order valence-electron chi connectivity index (χ2n) is 8.32. The molecule has 1 amide bonds. The third kappa shape index (κ3) is 11.2. The van der Waals surface area contributed by atoms with Gasteiger partial charge in [0.05, 0.1) is 12.1 Å². The number of hydrogen-bond donors (Lipinski definition) is 4. The molecular weight excluding hydrogens is 415 g/mol. The number of nitrogens with one attached hydrogen (secondary N) is 4. The smallest absolute Gasteiger partial charge is 0.433 e. The number of carbonyl (C=O) groups excluding carboxylic acids is 1. The molecule has 9 nitrogen and oxygen atoms in total. The van der Waals surface area contributed by atoms with Crippen molar-refractivity contribution in [3.63, 3.8) is 0 Å². The summed E-state index contributed by atoms with van der Waals surface area (Å²) in [4.78, 5) is 23.6. The average Bonchev–Trinajstić information content (AvgIpc) is 2.60. The lowest BCUT2D eigenvalue weighted by molar-refractivity contribution is -0.141. The lowest BCUT2D eigenvalue weighted by Gasteiger charge is -2.27. The molecule has 4 N–H and O–H groups in total. The molecule has 0 bridgehead atoms. The van der Waals surface area contributed by atoms with Gasteiger partial charge in [-0.2, -0.15) is 13.2 Å². The molecular formula is C19H32F3N7O2. The van der Waals surface area contributed by atoms with Gasteiger partial charge in [-0.1, -0.05) is 0 Å². The number of ether oxygens (including phenoxy) is 1. The number of amides is 1. The zero-order valence-corrected chi connectivity index (χ0v) is 18.8. The molecule has 1 rings (SSSR count). The Kier molecular flexibility index (Phi) is 9.32. The maximum absolute atomic E-state index is 12.7. The molecule has 0 saturated carbocycles. The number of anilines is 1. The molecule has 0 atom stereocenters. The molecule has 1 heterocycles. The molecule has 1 aromatic rings. The molecule has 1 aromatic heterocycles. The highest BCUT2D eigenvalue weighted by Gasteiger charge is 2.32. The van der Waals surface area contributed by atoms with E-state index in [0.29, 0.717) is 19.0 Å². The molecule has 0 aliphatic heterocycles. The minimum Gasteiger partial charge on any atom is -0.444 e. The number of alkyl carbamates (subject to hydrolysis) is 1. The Morgan fingerprint density at radius 1 is 1.13 bits per heavy atom. The monoisotopic (exact) mass is 447 g/mol. The van der Waals surface area contributed by atoms with E-state index in [1.165, 1.54) is 0 Å². The van der Waals surface area contributed by atoms with E-state index in [1.807, 2.05) is 20.8 Å². The first-order chi connectivity index (χ1) is 14.2. The van der Waals surface area contributed by atoms with Gasteiger partial charge in [-0.25, -0.2) is 14.8 Å². The van der Waals surface area contributed by atoms with Crippen molar-refractivity contribution < 1.29 is 22.7 Å². The van der Waals surface area contributed by atoms with Gasteiger partial charge in [0, 0.05) is 25.8 Å². The zero-order chi connectivity index (χ0) is 23.7. The van der Waals surface area contributed by atoms with Gasteiger partial charge in [0.2, 0.25) is 5.95 Å². The van der Waals surface area contributed by atoms with E-state index < -0.39 is 29.1 Å². The van der Waals surface area contributed by atoms with Crippen LogP contribution in [0, 0.1) is 0 Å². The van der Waals surface area contributed by atoms with E-state index >= 15 is 0 Å². The van der Waals surface area contributed by atoms with E-state index in [9.17, 15) is 18.0 Å². The second kappa shape index (κ2) is 11.0. The first-order valence-electron chi connectivity index (χ1n) is 9.89. The van der Waals surface area contributed by atoms with Crippen LogP contribution in [-0.2, 0) is 10.9 Å². The van der Waals surface area contributed by atoms with Crippen LogP contribution in [0.5, 0.6) is 0 Å². The van der Waals surface area contributed by atoms with Crippen LogP contribution in [0.3, 0.4) is 0 Å². The Morgan fingerprint density at radius 3 is 2.39 bits per heavy atom. The van der Waals surface area contributed by atoms with Gasteiger partial charge >= 0.3 is 12.3 Å². The predicted molar refractivity (Wildman–Crippen MR) is 113 cm³/mol. The molecule has 0 radical (unpaired) electrons. The lowest BCUT2D eigenvalue weighted by atomic mass is 10.1. The minimum absolute atomic E-state index is 0.110. The third-order valence-electron chi connectivity index (χ3n) is 3.46. The molecule has 0 aliphatic carbocycles. The fourth-order valence-corrected chi connectivity index (χ4v) is 2.19. The zero-order valence-electron chi connectivity index (χ0n) is 18.8. The van der Waals surface area contributed by atoms with Gasteiger partial charge in [0.15, 0.2) is 5.96 Å².